The molecular formula is C27H34O2SY-2. The molecule has 0 atom stereocenters. The van der Waals surface area contributed by atoms with Gasteiger partial charge in [0.05, 0.1) is 0 Å². The summed E-state index contributed by atoms with van der Waals surface area (Å²) in [4.78, 5) is 11.0. The summed E-state index contributed by atoms with van der Waals surface area (Å²) in [7, 11) is 0. The van der Waals surface area contributed by atoms with Gasteiger partial charge in [0.2, 0.25) is 0 Å². The molecule has 3 aromatic rings. The number of allylic oxidation sites excluding steroid dienone is 1. The normalized spacial score (nSPS) is 8.68. The summed E-state index contributed by atoms with van der Waals surface area (Å²) in [6.45, 7) is 19.0. The Kier molecular flexibility index (Phi) is 19.4. The molecule has 3 rings (SSSR count). The van der Waals surface area contributed by atoms with Crippen molar-refractivity contribution in [3.63, 3.8) is 0 Å². The molecular weight excluding hydrogens is 477 g/mol. The van der Waals surface area contributed by atoms with Crippen LogP contribution in [0.3, 0.4) is 0 Å². The molecule has 0 aliphatic carbocycles. The Labute approximate surface area is 218 Å². The van der Waals surface area contributed by atoms with Crippen LogP contribution in [0.2, 0.25) is 0 Å². The van der Waals surface area contributed by atoms with Gasteiger partial charge in [-0.25, -0.2) is 0 Å². The molecule has 0 saturated heterocycles. The summed E-state index contributed by atoms with van der Waals surface area (Å²) in [5.74, 6) is 0. The minimum Gasteiger partial charge on any atom is -0.665 e. The van der Waals surface area contributed by atoms with Crippen molar-refractivity contribution in [3.8, 4) is 10.4 Å². The van der Waals surface area contributed by atoms with Crippen molar-refractivity contribution in [2.24, 2.45) is 0 Å². The van der Waals surface area contributed by atoms with E-state index < -0.39 is 0 Å². The summed E-state index contributed by atoms with van der Waals surface area (Å²) < 4.78 is 0. The maximum absolute atomic E-state index is 8.24. The number of aliphatic hydroxyl groups excluding tert-OH is 1. The van der Waals surface area contributed by atoms with E-state index in [9.17, 15) is 0 Å². The summed E-state index contributed by atoms with van der Waals surface area (Å²) in [5, 5.41) is 6.76. The fraction of sp³-hybridized carbons (Fsp3) is 0.259. The minimum absolute atomic E-state index is 0. The second kappa shape index (κ2) is 19.0. The van der Waals surface area contributed by atoms with E-state index >= 15 is 0 Å². The van der Waals surface area contributed by atoms with E-state index in [-0.39, 0.29) is 32.7 Å². The third kappa shape index (κ3) is 11.5. The second-order valence-corrected chi connectivity index (χ2v) is 7.11. The van der Waals surface area contributed by atoms with Crippen LogP contribution in [0.5, 0.6) is 0 Å². The minimum atomic E-state index is 0. The SMILES string of the molecule is C=C(CCc1sc(-c2ccccc2)cc1C)c1cccc([CH2-])c1.CC.CC.O=[C-]O.[Y]. The predicted molar refractivity (Wildman–Crippen MR) is 134 cm³/mol. The summed E-state index contributed by atoms with van der Waals surface area (Å²) in [6, 6.07) is 21.2. The molecule has 1 N–H and O–H groups in total. The number of rotatable bonds is 5. The van der Waals surface area contributed by atoms with E-state index in [1.165, 1.54) is 32.0 Å². The van der Waals surface area contributed by atoms with E-state index in [2.05, 4.69) is 69.0 Å². The zero-order valence-corrected chi connectivity index (χ0v) is 23.1. The van der Waals surface area contributed by atoms with Gasteiger partial charge < -0.3 is 9.90 Å². The largest absolute Gasteiger partial charge is 0.665 e. The molecule has 4 heteroatoms. The van der Waals surface area contributed by atoms with Crippen LogP contribution >= 0.6 is 11.3 Å². The third-order valence-electron chi connectivity index (χ3n) is 4.07. The van der Waals surface area contributed by atoms with Crippen LogP contribution in [0, 0.1) is 13.8 Å². The molecule has 1 radical (unpaired) electrons. The zero-order valence-electron chi connectivity index (χ0n) is 19.4. The molecule has 0 spiro atoms. The first-order valence-corrected chi connectivity index (χ1v) is 11.1. The zero-order chi connectivity index (χ0) is 22.9. The predicted octanol–water partition coefficient (Wildman–Crippen LogP) is 8.21. The van der Waals surface area contributed by atoms with Gasteiger partial charge >= 0.3 is 0 Å². The monoisotopic (exact) mass is 511 g/mol. The third-order valence-corrected chi connectivity index (χ3v) is 5.41. The molecule has 1 aromatic heterocycles. The second-order valence-electron chi connectivity index (χ2n) is 5.98. The Morgan fingerprint density at radius 2 is 1.61 bits per heavy atom. The summed E-state index contributed by atoms with van der Waals surface area (Å²) in [6.07, 6.45) is 2.03. The molecule has 2 nitrogen and oxygen atoms in total. The van der Waals surface area contributed by atoms with E-state index in [0.29, 0.717) is 6.47 Å². The van der Waals surface area contributed by atoms with Crippen LogP contribution < -0.4 is 0 Å². The van der Waals surface area contributed by atoms with Crippen LogP contribution in [-0.4, -0.2) is 11.6 Å². The van der Waals surface area contributed by atoms with Gasteiger partial charge in [-0.2, -0.15) is 24.6 Å². The standard InChI is InChI=1S/C22H21S.2C2H6.CHO2.Y/c1-16-8-7-11-20(14-16)17(2)12-13-21-18(3)15-22(23-21)19-9-5-4-6-10-19;2*1-2;2-1-3;/h4-11,14-15H,1-2,12-13H2,3H3;2*1-2H3;(H,2,3);/q-1;;;-1;. The number of hydrogen-bond acceptors (Lipinski definition) is 2. The first-order valence-electron chi connectivity index (χ1n) is 10.3. The summed E-state index contributed by atoms with van der Waals surface area (Å²) in [5.41, 5.74) is 6.12. The molecule has 165 valence electrons. The van der Waals surface area contributed by atoms with Crippen molar-refractivity contribution in [2.75, 3.05) is 0 Å². The topological polar surface area (TPSA) is 37.3 Å². The molecule has 0 fully saturated rings. The van der Waals surface area contributed by atoms with Crippen LogP contribution in [0.15, 0.2) is 67.2 Å². The van der Waals surface area contributed by atoms with Crippen molar-refractivity contribution in [1.29, 1.82) is 0 Å². The Bertz CT molecular complexity index is 870. The van der Waals surface area contributed by atoms with Gasteiger partial charge in [0, 0.05) is 42.5 Å². The van der Waals surface area contributed by atoms with Crippen LogP contribution in [0.25, 0.3) is 16.0 Å². The Hall–Kier alpha value is -1.68. The van der Waals surface area contributed by atoms with E-state index in [4.69, 9.17) is 9.90 Å². The van der Waals surface area contributed by atoms with Crippen LogP contribution in [-0.2, 0) is 43.9 Å². The smallest absolute Gasteiger partial charge is 0.0348 e. The molecule has 0 amide bonds. The first-order chi connectivity index (χ1) is 14.5. The average Bonchev–Trinajstić information content (AvgIpc) is 3.16. The number of benzene rings is 2. The molecule has 0 unspecified atom stereocenters. The van der Waals surface area contributed by atoms with Gasteiger partial charge in [-0.3, -0.25) is 0 Å². The van der Waals surface area contributed by atoms with E-state index in [0.717, 1.165) is 18.4 Å². The molecule has 0 bridgehead atoms. The number of thiophene rings is 1. The maximum Gasteiger partial charge on any atom is 0.0348 e. The molecule has 2 aromatic carbocycles. The van der Waals surface area contributed by atoms with Gasteiger partial charge in [0.25, 0.3) is 0 Å². The van der Waals surface area contributed by atoms with Gasteiger partial charge in [0.1, 0.15) is 0 Å². The van der Waals surface area contributed by atoms with Crippen molar-refractivity contribution < 1.29 is 42.6 Å². The molecule has 0 aliphatic heterocycles. The van der Waals surface area contributed by atoms with Crippen molar-refractivity contribution in [2.45, 2.75) is 47.5 Å². The maximum atomic E-state index is 8.24. The molecule has 0 saturated carbocycles. The van der Waals surface area contributed by atoms with Crippen molar-refractivity contribution in [3.05, 3.63) is 95.7 Å². The number of hydrogen-bond donors (Lipinski definition) is 1. The Balaban J connectivity index is 0. The van der Waals surface area contributed by atoms with Gasteiger partial charge in [0.15, 0.2) is 0 Å². The van der Waals surface area contributed by atoms with Crippen LogP contribution in [0.4, 0.5) is 0 Å². The Morgan fingerprint density at radius 1 is 1.03 bits per heavy atom. The quantitative estimate of drug-likeness (QED) is 0.351. The van der Waals surface area contributed by atoms with Gasteiger partial charge in [-0.1, -0.05) is 88.3 Å². The van der Waals surface area contributed by atoms with Gasteiger partial charge in [-0.15, -0.1) is 17.4 Å². The molecule has 31 heavy (non-hydrogen) atoms. The molecule has 0 aliphatic rings. The fourth-order valence-electron chi connectivity index (χ4n) is 2.71. The van der Waals surface area contributed by atoms with E-state index in [1.54, 1.807) is 0 Å². The number of aryl methyl sites for hydroxylation is 2. The average molecular weight is 512 g/mol. The van der Waals surface area contributed by atoms with Crippen molar-refractivity contribution in [1.82, 2.24) is 0 Å². The van der Waals surface area contributed by atoms with Gasteiger partial charge in [-0.05, 0) is 37.0 Å². The molecule has 1 heterocycles. The van der Waals surface area contributed by atoms with Crippen molar-refractivity contribution >= 4 is 23.4 Å². The first kappa shape index (κ1) is 31.5. The summed E-state index contributed by atoms with van der Waals surface area (Å²) >= 11 is 1.90. The van der Waals surface area contributed by atoms with Crippen LogP contribution in [0.1, 0.15) is 55.7 Å². The van der Waals surface area contributed by atoms with E-state index in [1.807, 2.05) is 51.2 Å². The Morgan fingerprint density at radius 3 is 2.16 bits per heavy atom. The fourth-order valence-corrected chi connectivity index (χ4v) is 3.89.